The first-order chi connectivity index (χ1) is 10.1. The minimum absolute atomic E-state index is 0.107. The maximum absolute atomic E-state index is 13.3. The highest BCUT2D eigenvalue weighted by atomic mass is 19.1. The summed E-state index contributed by atoms with van der Waals surface area (Å²) in [5.41, 5.74) is 1.98. The smallest absolute Gasteiger partial charge is 0.339 e. The molecule has 1 aromatic heterocycles. The summed E-state index contributed by atoms with van der Waals surface area (Å²) in [6.45, 7) is 2.02. The minimum atomic E-state index is -1.17. The number of pyridine rings is 1. The molecule has 0 radical (unpaired) electrons. The van der Waals surface area contributed by atoms with Gasteiger partial charge < -0.3 is 10.0 Å². The van der Waals surface area contributed by atoms with Crippen LogP contribution < -0.4 is 4.90 Å². The van der Waals surface area contributed by atoms with Crippen LogP contribution in [-0.4, -0.2) is 22.1 Å². The van der Waals surface area contributed by atoms with Crippen molar-refractivity contribution in [2.75, 3.05) is 4.90 Å². The average molecular weight is 286 g/mol. The van der Waals surface area contributed by atoms with Crippen LogP contribution in [0.25, 0.3) is 0 Å². The molecule has 0 amide bonds. The molecule has 1 aliphatic heterocycles. The van der Waals surface area contributed by atoms with Gasteiger partial charge in [-0.3, -0.25) is 0 Å². The van der Waals surface area contributed by atoms with Gasteiger partial charge in [0.25, 0.3) is 0 Å². The zero-order valence-electron chi connectivity index (χ0n) is 11.6. The van der Waals surface area contributed by atoms with Crippen molar-refractivity contribution in [1.82, 2.24) is 4.98 Å². The number of fused-ring (bicyclic) bond motifs is 1. The van der Waals surface area contributed by atoms with Gasteiger partial charge in [-0.15, -0.1) is 0 Å². The summed E-state index contributed by atoms with van der Waals surface area (Å²) in [4.78, 5) is 17.3. The topological polar surface area (TPSA) is 53.4 Å². The van der Waals surface area contributed by atoms with E-state index in [1.807, 2.05) is 36.1 Å². The second-order valence-corrected chi connectivity index (χ2v) is 5.22. The van der Waals surface area contributed by atoms with E-state index in [0.29, 0.717) is 5.82 Å². The number of hydrogen-bond acceptors (Lipinski definition) is 3. The standard InChI is InChI=1S/C16H15FN2O2/c1-10-6-7-11-4-2-3-5-14(11)19(10)15-13(16(20)21)8-12(17)9-18-15/h2-5,8-10H,6-7H2,1H3,(H,20,21). The first-order valence-electron chi connectivity index (χ1n) is 6.84. The predicted octanol–water partition coefficient (Wildman–Crippen LogP) is 3.39. The molecule has 1 N–H and O–H groups in total. The molecule has 0 saturated carbocycles. The van der Waals surface area contributed by atoms with Crippen LogP contribution in [0.3, 0.4) is 0 Å². The number of carbonyl (C=O) groups is 1. The number of para-hydroxylation sites is 1. The molecule has 0 bridgehead atoms. The Kier molecular flexibility index (Phi) is 3.33. The molecule has 0 fully saturated rings. The van der Waals surface area contributed by atoms with E-state index >= 15 is 0 Å². The summed E-state index contributed by atoms with van der Waals surface area (Å²) in [6.07, 6.45) is 2.90. The lowest BCUT2D eigenvalue weighted by atomic mass is 9.96. The zero-order chi connectivity index (χ0) is 15.0. The first-order valence-corrected chi connectivity index (χ1v) is 6.84. The van der Waals surface area contributed by atoms with Crippen molar-refractivity contribution in [1.29, 1.82) is 0 Å². The molecule has 108 valence electrons. The molecule has 1 aliphatic rings. The van der Waals surface area contributed by atoms with Crippen molar-refractivity contribution in [3.8, 4) is 0 Å². The number of aromatic nitrogens is 1. The van der Waals surface area contributed by atoms with E-state index in [-0.39, 0.29) is 11.6 Å². The van der Waals surface area contributed by atoms with Crippen molar-refractivity contribution in [3.63, 3.8) is 0 Å². The molecule has 0 aliphatic carbocycles. The molecule has 21 heavy (non-hydrogen) atoms. The Balaban J connectivity index is 2.18. The van der Waals surface area contributed by atoms with Crippen LogP contribution >= 0.6 is 0 Å². The number of carboxylic acids is 1. The van der Waals surface area contributed by atoms with Crippen LogP contribution in [0.15, 0.2) is 36.5 Å². The van der Waals surface area contributed by atoms with Crippen molar-refractivity contribution >= 4 is 17.5 Å². The number of rotatable bonds is 2. The Morgan fingerprint density at radius 3 is 2.95 bits per heavy atom. The van der Waals surface area contributed by atoms with Gasteiger partial charge in [-0.05, 0) is 37.5 Å². The molecule has 1 atom stereocenters. The van der Waals surface area contributed by atoms with E-state index in [9.17, 15) is 14.3 Å². The highest BCUT2D eigenvalue weighted by Crippen LogP contribution is 2.37. The monoisotopic (exact) mass is 286 g/mol. The van der Waals surface area contributed by atoms with Crippen LogP contribution in [0, 0.1) is 5.82 Å². The Bertz CT molecular complexity index is 702. The third-order valence-electron chi connectivity index (χ3n) is 3.82. The molecule has 2 aromatic rings. The van der Waals surface area contributed by atoms with Crippen molar-refractivity contribution in [2.24, 2.45) is 0 Å². The van der Waals surface area contributed by atoms with Crippen molar-refractivity contribution in [2.45, 2.75) is 25.8 Å². The van der Waals surface area contributed by atoms with Crippen LogP contribution in [0.1, 0.15) is 29.3 Å². The summed E-state index contributed by atoms with van der Waals surface area (Å²) < 4.78 is 13.3. The fraction of sp³-hybridized carbons (Fsp3) is 0.250. The van der Waals surface area contributed by atoms with Crippen LogP contribution in [0.2, 0.25) is 0 Å². The number of anilines is 2. The molecule has 5 heteroatoms. The van der Waals surface area contributed by atoms with Gasteiger partial charge in [0.2, 0.25) is 0 Å². The summed E-state index contributed by atoms with van der Waals surface area (Å²) in [5, 5.41) is 9.32. The van der Waals surface area contributed by atoms with Gasteiger partial charge >= 0.3 is 5.97 Å². The number of nitrogens with zero attached hydrogens (tertiary/aromatic N) is 2. The summed E-state index contributed by atoms with van der Waals surface area (Å²) in [6, 6.07) is 8.97. The number of halogens is 1. The van der Waals surface area contributed by atoms with Gasteiger partial charge in [0.15, 0.2) is 0 Å². The SMILES string of the molecule is CC1CCc2ccccc2N1c1ncc(F)cc1C(=O)O. The highest BCUT2D eigenvalue weighted by molar-refractivity contribution is 5.94. The van der Waals surface area contributed by atoms with E-state index in [2.05, 4.69) is 4.98 Å². The fourth-order valence-electron chi connectivity index (χ4n) is 2.79. The van der Waals surface area contributed by atoms with E-state index in [1.165, 1.54) is 0 Å². The lowest BCUT2D eigenvalue weighted by molar-refractivity contribution is 0.0696. The van der Waals surface area contributed by atoms with Crippen LogP contribution in [0.5, 0.6) is 0 Å². The Morgan fingerprint density at radius 1 is 1.43 bits per heavy atom. The molecular formula is C16H15FN2O2. The number of benzene rings is 1. The Hall–Kier alpha value is -2.43. The van der Waals surface area contributed by atoms with Crippen LogP contribution in [-0.2, 0) is 6.42 Å². The highest BCUT2D eigenvalue weighted by Gasteiger charge is 2.28. The Morgan fingerprint density at radius 2 is 2.19 bits per heavy atom. The lowest BCUT2D eigenvalue weighted by Gasteiger charge is -2.36. The summed E-state index contributed by atoms with van der Waals surface area (Å²) >= 11 is 0. The molecule has 2 heterocycles. The fourth-order valence-corrected chi connectivity index (χ4v) is 2.79. The number of hydrogen-bond donors (Lipinski definition) is 1. The van der Waals surface area contributed by atoms with Gasteiger partial charge in [-0.2, -0.15) is 0 Å². The average Bonchev–Trinajstić information content (AvgIpc) is 2.47. The van der Waals surface area contributed by atoms with Crippen LogP contribution in [0.4, 0.5) is 15.9 Å². The Labute approximate surface area is 121 Å². The third kappa shape index (κ3) is 2.35. The predicted molar refractivity (Wildman–Crippen MR) is 77.5 cm³/mol. The third-order valence-corrected chi connectivity index (χ3v) is 3.82. The zero-order valence-corrected chi connectivity index (χ0v) is 11.6. The van der Waals surface area contributed by atoms with Gasteiger partial charge in [-0.25, -0.2) is 14.2 Å². The summed E-state index contributed by atoms with van der Waals surface area (Å²) in [5.74, 6) is -1.52. The van der Waals surface area contributed by atoms with E-state index in [1.54, 1.807) is 0 Å². The maximum Gasteiger partial charge on any atom is 0.339 e. The largest absolute Gasteiger partial charge is 0.478 e. The lowest BCUT2D eigenvalue weighted by Crippen LogP contribution is -2.35. The minimum Gasteiger partial charge on any atom is -0.478 e. The second kappa shape index (κ2) is 5.16. The number of aryl methyl sites for hydroxylation is 1. The van der Waals surface area contributed by atoms with Crippen molar-refractivity contribution < 1.29 is 14.3 Å². The van der Waals surface area contributed by atoms with E-state index in [0.717, 1.165) is 36.4 Å². The van der Waals surface area contributed by atoms with E-state index in [4.69, 9.17) is 0 Å². The van der Waals surface area contributed by atoms with Gasteiger partial charge in [-0.1, -0.05) is 18.2 Å². The second-order valence-electron chi connectivity index (χ2n) is 5.22. The molecule has 1 aromatic carbocycles. The normalized spacial score (nSPS) is 17.4. The number of aromatic carboxylic acids is 1. The summed E-state index contributed by atoms with van der Waals surface area (Å²) in [7, 11) is 0. The first kappa shape index (κ1) is 13.5. The van der Waals surface area contributed by atoms with Gasteiger partial charge in [0.05, 0.1) is 6.20 Å². The number of carboxylic acid groups (broad SMARTS) is 1. The molecule has 4 nitrogen and oxygen atoms in total. The maximum atomic E-state index is 13.3. The quantitative estimate of drug-likeness (QED) is 0.919. The molecular weight excluding hydrogens is 271 g/mol. The van der Waals surface area contributed by atoms with E-state index < -0.39 is 11.8 Å². The van der Waals surface area contributed by atoms with Crippen molar-refractivity contribution in [3.05, 3.63) is 53.5 Å². The molecule has 0 saturated heterocycles. The van der Waals surface area contributed by atoms with Gasteiger partial charge in [0.1, 0.15) is 17.2 Å². The molecule has 3 rings (SSSR count). The molecule has 0 spiro atoms. The molecule has 1 unspecified atom stereocenters. The van der Waals surface area contributed by atoms with Gasteiger partial charge in [0, 0.05) is 11.7 Å².